The van der Waals surface area contributed by atoms with Gasteiger partial charge in [-0.05, 0) is 26.3 Å². The van der Waals surface area contributed by atoms with Crippen LogP contribution in [0.2, 0.25) is 0 Å². The fourth-order valence-corrected chi connectivity index (χ4v) is 1.80. The summed E-state index contributed by atoms with van der Waals surface area (Å²) < 4.78 is 10.1. The molecular formula is C16H21NO4. The third-order valence-corrected chi connectivity index (χ3v) is 2.62. The summed E-state index contributed by atoms with van der Waals surface area (Å²) in [5.74, 6) is -0.449. The molecule has 0 saturated heterocycles. The van der Waals surface area contributed by atoms with E-state index in [1.165, 1.54) is 0 Å². The number of esters is 1. The molecule has 0 spiro atoms. The first-order valence-electron chi connectivity index (χ1n) is 6.75. The molecule has 1 N–H and O–H groups in total. The third kappa shape index (κ3) is 6.70. The summed E-state index contributed by atoms with van der Waals surface area (Å²) in [4.78, 5) is 22.3. The molecule has 0 aromatic heterocycles. The second-order valence-corrected chi connectivity index (χ2v) is 5.69. The van der Waals surface area contributed by atoms with Crippen LogP contribution < -0.4 is 0 Å². The number of carbonyl (C=O) groups excluding carboxylic acids is 2. The van der Waals surface area contributed by atoms with Crippen LogP contribution in [0.3, 0.4) is 0 Å². The van der Waals surface area contributed by atoms with Gasteiger partial charge in [0.25, 0.3) is 6.47 Å². The lowest BCUT2D eigenvalue weighted by Crippen LogP contribution is -2.28. The maximum Gasteiger partial charge on any atom is 0.310 e. The summed E-state index contributed by atoms with van der Waals surface area (Å²) in [5, 5.41) is 8.01. The molecule has 0 heterocycles. The molecule has 0 aliphatic carbocycles. The van der Waals surface area contributed by atoms with Gasteiger partial charge in [0.05, 0.1) is 6.42 Å². The molecule has 114 valence electrons. The van der Waals surface area contributed by atoms with Gasteiger partial charge in [-0.1, -0.05) is 30.3 Å². The van der Waals surface area contributed by atoms with Crippen LogP contribution in [0.25, 0.3) is 0 Å². The lowest BCUT2D eigenvalue weighted by Gasteiger charge is -2.21. The van der Waals surface area contributed by atoms with Crippen molar-refractivity contribution in [2.45, 2.75) is 45.3 Å². The molecule has 0 radical (unpaired) electrons. The van der Waals surface area contributed by atoms with Crippen molar-refractivity contribution in [1.82, 2.24) is 0 Å². The molecule has 1 aromatic carbocycles. The molecule has 1 atom stereocenters. The number of hydrogen-bond acceptors (Lipinski definition) is 5. The van der Waals surface area contributed by atoms with E-state index >= 15 is 0 Å². The molecule has 21 heavy (non-hydrogen) atoms. The Balaban J connectivity index is 2.63. The van der Waals surface area contributed by atoms with Crippen molar-refractivity contribution in [3.63, 3.8) is 0 Å². The van der Waals surface area contributed by atoms with Gasteiger partial charge in [0, 0.05) is 12.1 Å². The van der Waals surface area contributed by atoms with Crippen molar-refractivity contribution in [3.05, 3.63) is 35.9 Å². The lowest BCUT2D eigenvalue weighted by molar-refractivity contribution is -0.158. The largest absolute Gasteiger partial charge is 0.464 e. The predicted molar refractivity (Wildman–Crippen MR) is 79.3 cm³/mol. The maximum atomic E-state index is 11.8. The van der Waals surface area contributed by atoms with Crippen LogP contribution in [-0.2, 0) is 19.1 Å². The van der Waals surface area contributed by atoms with Gasteiger partial charge in [-0.25, -0.2) is 0 Å². The standard InChI is InChI=1S/C16H21NO4/c1-16(2,3)21-15(19)10-13(20-11-18)9-14(17)12-7-5-4-6-8-12/h4-8,11,13,17H,9-10H2,1-3H3/t13-/m1/s1. The van der Waals surface area contributed by atoms with Gasteiger partial charge in [-0.2, -0.15) is 0 Å². The second-order valence-electron chi connectivity index (χ2n) is 5.69. The van der Waals surface area contributed by atoms with Gasteiger partial charge in [0.1, 0.15) is 11.7 Å². The van der Waals surface area contributed by atoms with Crippen LogP contribution in [0.4, 0.5) is 0 Å². The van der Waals surface area contributed by atoms with Crippen molar-refractivity contribution in [2.24, 2.45) is 0 Å². The van der Waals surface area contributed by atoms with Crippen LogP contribution >= 0.6 is 0 Å². The van der Waals surface area contributed by atoms with Gasteiger partial charge in [-0.3, -0.25) is 9.59 Å². The maximum absolute atomic E-state index is 11.8. The average Bonchev–Trinajstić information content (AvgIpc) is 2.37. The number of ether oxygens (including phenoxy) is 2. The summed E-state index contributed by atoms with van der Waals surface area (Å²) in [6.07, 6.45) is -0.585. The molecule has 5 heteroatoms. The van der Waals surface area contributed by atoms with E-state index in [0.29, 0.717) is 12.2 Å². The Bertz CT molecular complexity index is 491. The highest BCUT2D eigenvalue weighted by Gasteiger charge is 2.22. The SMILES string of the molecule is CC(C)(C)OC(=O)C[C@@H](CC(=N)c1ccccc1)OC=O. The topological polar surface area (TPSA) is 76.5 Å². The van der Waals surface area contributed by atoms with E-state index in [1.54, 1.807) is 32.9 Å². The Morgan fingerprint density at radius 3 is 2.38 bits per heavy atom. The van der Waals surface area contributed by atoms with Crippen molar-refractivity contribution in [3.8, 4) is 0 Å². The predicted octanol–water partition coefficient (Wildman–Crippen LogP) is 2.72. The monoisotopic (exact) mass is 291 g/mol. The minimum atomic E-state index is -0.690. The van der Waals surface area contributed by atoms with Crippen molar-refractivity contribution in [1.29, 1.82) is 5.41 Å². The van der Waals surface area contributed by atoms with Crippen LogP contribution in [0.5, 0.6) is 0 Å². The Kier molecular flexibility index (Phi) is 6.09. The molecule has 0 unspecified atom stereocenters. The number of carbonyl (C=O) groups is 2. The Morgan fingerprint density at radius 1 is 1.24 bits per heavy atom. The van der Waals surface area contributed by atoms with E-state index in [-0.39, 0.29) is 12.8 Å². The highest BCUT2D eigenvalue weighted by Crippen LogP contribution is 2.14. The van der Waals surface area contributed by atoms with Crippen LogP contribution in [0.1, 0.15) is 39.2 Å². The number of benzene rings is 1. The Hall–Kier alpha value is -2.17. The second kappa shape index (κ2) is 7.57. The molecule has 5 nitrogen and oxygen atoms in total. The average molecular weight is 291 g/mol. The highest BCUT2D eigenvalue weighted by atomic mass is 16.6. The highest BCUT2D eigenvalue weighted by molar-refractivity contribution is 5.98. The zero-order valence-corrected chi connectivity index (χ0v) is 12.6. The fraction of sp³-hybridized carbons (Fsp3) is 0.438. The van der Waals surface area contributed by atoms with E-state index in [9.17, 15) is 9.59 Å². The number of rotatable bonds is 7. The Labute approximate surface area is 124 Å². The van der Waals surface area contributed by atoms with Crippen molar-refractivity contribution >= 4 is 18.2 Å². The van der Waals surface area contributed by atoms with Gasteiger partial charge >= 0.3 is 5.97 Å². The van der Waals surface area contributed by atoms with Gasteiger partial charge in [0.2, 0.25) is 0 Å². The minimum absolute atomic E-state index is 0.0643. The van der Waals surface area contributed by atoms with E-state index in [1.807, 2.05) is 18.2 Å². The van der Waals surface area contributed by atoms with Crippen LogP contribution in [0, 0.1) is 5.41 Å². The lowest BCUT2D eigenvalue weighted by atomic mass is 10.0. The summed E-state index contributed by atoms with van der Waals surface area (Å²) in [6.45, 7) is 5.61. The van der Waals surface area contributed by atoms with Crippen LogP contribution in [-0.4, -0.2) is 29.9 Å². The first-order chi connectivity index (χ1) is 9.81. The van der Waals surface area contributed by atoms with Gasteiger partial charge in [-0.15, -0.1) is 0 Å². The molecule has 0 amide bonds. The van der Waals surface area contributed by atoms with Crippen molar-refractivity contribution < 1.29 is 19.1 Å². The van der Waals surface area contributed by atoms with Crippen LogP contribution in [0.15, 0.2) is 30.3 Å². The zero-order chi connectivity index (χ0) is 15.9. The van der Waals surface area contributed by atoms with Gasteiger partial charge < -0.3 is 14.9 Å². The molecule has 0 aliphatic heterocycles. The molecule has 1 aromatic rings. The van der Waals surface area contributed by atoms with Crippen molar-refractivity contribution in [2.75, 3.05) is 0 Å². The summed E-state index contributed by atoms with van der Waals surface area (Å²) >= 11 is 0. The smallest absolute Gasteiger partial charge is 0.310 e. The summed E-state index contributed by atoms with van der Waals surface area (Å²) in [6, 6.07) is 9.11. The summed E-state index contributed by atoms with van der Waals surface area (Å²) in [7, 11) is 0. The normalized spacial score (nSPS) is 12.3. The number of hydrogen-bond donors (Lipinski definition) is 1. The molecule has 1 rings (SSSR count). The fourth-order valence-electron chi connectivity index (χ4n) is 1.80. The first kappa shape index (κ1) is 16.9. The molecule has 0 fully saturated rings. The van der Waals surface area contributed by atoms with Gasteiger partial charge in [0.15, 0.2) is 0 Å². The molecule has 0 aliphatic rings. The zero-order valence-electron chi connectivity index (χ0n) is 12.6. The van der Waals surface area contributed by atoms with E-state index in [4.69, 9.17) is 14.9 Å². The van der Waals surface area contributed by atoms with E-state index < -0.39 is 17.7 Å². The molecular weight excluding hydrogens is 270 g/mol. The minimum Gasteiger partial charge on any atom is -0.464 e. The number of nitrogens with one attached hydrogen (secondary N) is 1. The van der Waals surface area contributed by atoms with E-state index in [2.05, 4.69) is 0 Å². The molecule has 0 saturated carbocycles. The molecule has 0 bridgehead atoms. The Morgan fingerprint density at radius 2 is 1.86 bits per heavy atom. The summed E-state index contributed by atoms with van der Waals surface area (Å²) in [5.41, 5.74) is 0.461. The third-order valence-electron chi connectivity index (χ3n) is 2.62. The quantitative estimate of drug-likeness (QED) is 0.476. The first-order valence-corrected chi connectivity index (χ1v) is 6.75. The van der Waals surface area contributed by atoms with E-state index in [0.717, 1.165) is 5.56 Å².